The molecule has 1 aliphatic heterocycles. The molecule has 1 saturated heterocycles. The monoisotopic (exact) mass is 369 g/mol. The Labute approximate surface area is 145 Å². The average molecular weight is 370 g/mol. The van der Waals surface area contributed by atoms with E-state index in [4.69, 9.17) is 16.3 Å². The van der Waals surface area contributed by atoms with Crippen LogP contribution in [0.3, 0.4) is 0 Å². The highest BCUT2D eigenvalue weighted by Gasteiger charge is 2.37. The Hall–Kier alpha value is -1.63. The van der Waals surface area contributed by atoms with E-state index >= 15 is 0 Å². The molecule has 1 fully saturated rings. The number of hydrogen-bond acceptors (Lipinski definition) is 3. The van der Waals surface area contributed by atoms with E-state index in [1.165, 1.54) is 35.7 Å². The number of sulfonamides is 1. The molecule has 1 heterocycles. The lowest BCUT2D eigenvalue weighted by atomic mass is 10.1. The molecule has 1 aliphatic rings. The lowest BCUT2D eigenvalue weighted by Crippen LogP contribution is -2.31. The highest BCUT2D eigenvalue weighted by atomic mass is 35.5. The number of ether oxygens (including phenoxy) is 1. The van der Waals surface area contributed by atoms with Crippen molar-refractivity contribution in [1.82, 2.24) is 4.31 Å². The van der Waals surface area contributed by atoms with Crippen LogP contribution in [0.2, 0.25) is 5.02 Å². The summed E-state index contributed by atoms with van der Waals surface area (Å²) >= 11 is 6.05. The number of halogens is 2. The van der Waals surface area contributed by atoms with Crippen molar-refractivity contribution in [3.05, 3.63) is 58.9 Å². The predicted octanol–water partition coefficient (Wildman–Crippen LogP) is 4.01. The normalized spacial score (nSPS) is 18.7. The van der Waals surface area contributed by atoms with Crippen molar-refractivity contribution in [2.75, 3.05) is 13.7 Å². The molecular formula is C17H17ClFNO3S. The molecule has 0 N–H and O–H groups in total. The lowest BCUT2D eigenvalue weighted by molar-refractivity contribution is 0.386. The summed E-state index contributed by atoms with van der Waals surface area (Å²) in [7, 11) is -2.31. The molecule has 0 unspecified atom stereocenters. The van der Waals surface area contributed by atoms with E-state index in [-0.39, 0.29) is 9.92 Å². The molecule has 7 heteroatoms. The van der Waals surface area contributed by atoms with Gasteiger partial charge in [0.2, 0.25) is 10.0 Å². The second-order valence-corrected chi connectivity index (χ2v) is 7.89. The lowest BCUT2D eigenvalue weighted by Gasteiger charge is -2.25. The van der Waals surface area contributed by atoms with E-state index < -0.39 is 21.9 Å². The van der Waals surface area contributed by atoms with Crippen LogP contribution in [0.4, 0.5) is 4.39 Å². The number of benzene rings is 2. The molecule has 0 aliphatic carbocycles. The molecule has 0 amide bonds. The first kappa shape index (κ1) is 17.2. The van der Waals surface area contributed by atoms with Gasteiger partial charge in [-0.2, -0.15) is 4.31 Å². The molecule has 0 bridgehead atoms. The van der Waals surface area contributed by atoms with Crippen LogP contribution in [0.25, 0.3) is 0 Å². The molecule has 1 atom stereocenters. The van der Waals surface area contributed by atoms with Gasteiger partial charge in [-0.3, -0.25) is 0 Å². The maximum atomic E-state index is 14.1. The third-order valence-corrected chi connectivity index (χ3v) is 6.40. The van der Waals surface area contributed by atoms with E-state index in [2.05, 4.69) is 0 Å². The van der Waals surface area contributed by atoms with Gasteiger partial charge >= 0.3 is 0 Å². The van der Waals surface area contributed by atoms with Crippen molar-refractivity contribution in [2.24, 2.45) is 0 Å². The Morgan fingerprint density at radius 1 is 1.25 bits per heavy atom. The minimum Gasteiger partial charge on any atom is -0.495 e. The van der Waals surface area contributed by atoms with Crippen LogP contribution in [-0.2, 0) is 10.0 Å². The van der Waals surface area contributed by atoms with Gasteiger partial charge < -0.3 is 4.74 Å². The third-order valence-electron chi connectivity index (χ3n) is 4.20. The summed E-state index contributed by atoms with van der Waals surface area (Å²) in [5.74, 6) is 0.0139. The maximum Gasteiger partial charge on any atom is 0.243 e. The number of nitrogens with zero attached hydrogens (tertiary/aromatic N) is 1. The highest BCUT2D eigenvalue weighted by Crippen LogP contribution is 2.38. The zero-order chi connectivity index (χ0) is 17.3. The first-order valence-corrected chi connectivity index (χ1v) is 9.37. The highest BCUT2D eigenvalue weighted by molar-refractivity contribution is 7.89. The van der Waals surface area contributed by atoms with Gasteiger partial charge in [0.25, 0.3) is 0 Å². The van der Waals surface area contributed by atoms with Crippen molar-refractivity contribution in [1.29, 1.82) is 0 Å². The predicted molar refractivity (Wildman–Crippen MR) is 90.3 cm³/mol. The van der Waals surface area contributed by atoms with Crippen LogP contribution in [-0.4, -0.2) is 26.4 Å². The minimum atomic E-state index is -3.77. The molecule has 2 aromatic carbocycles. The first-order chi connectivity index (χ1) is 11.4. The van der Waals surface area contributed by atoms with Crippen molar-refractivity contribution < 1.29 is 17.5 Å². The maximum absolute atomic E-state index is 14.1. The number of rotatable bonds is 4. The SMILES string of the molecule is COc1ccc(S(=O)(=O)N2CCC[C@@H]2c2ccccc2F)cc1Cl. The van der Waals surface area contributed by atoms with Crippen LogP contribution < -0.4 is 4.74 Å². The van der Waals surface area contributed by atoms with E-state index in [1.54, 1.807) is 18.2 Å². The summed E-state index contributed by atoms with van der Waals surface area (Å²) in [6, 6.07) is 10.1. The van der Waals surface area contributed by atoms with Gasteiger partial charge in [0, 0.05) is 12.1 Å². The largest absolute Gasteiger partial charge is 0.495 e. The molecule has 128 valence electrons. The van der Waals surface area contributed by atoms with Crippen LogP contribution in [0.15, 0.2) is 47.4 Å². The molecule has 0 radical (unpaired) electrons. The zero-order valence-electron chi connectivity index (χ0n) is 13.1. The second-order valence-electron chi connectivity index (χ2n) is 5.59. The van der Waals surface area contributed by atoms with Gasteiger partial charge in [-0.15, -0.1) is 0 Å². The fraction of sp³-hybridized carbons (Fsp3) is 0.294. The van der Waals surface area contributed by atoms with Crippen LogP contribution >= 0.6 is 11.6 Å². The molecule has 24 heavy (non-hydrogen) atoms. The summed E-state index contributed by atoms with van der Waals surface area (Å²) in [6.07, 6.45) is 1.27. The summed E-state index contributed by atoms with van der Waals surface area (Å²) < 4.78 is 46.5. The Morgan fingerprint density at radius 2 is 2.00 bits per heavy atom. The fourth-order valence-corrected chi connectivity index (χ4v) is 5.05. The van der Waals surface area contributed by atoms with Crippen LogP contribution in [0.1, 0.15) is 24.4 Å². The Morgan fingerprint density at radius 3 is 2.67 bits per heavy atom. The Kier molecular flexibility index (Phi) is 4.80. The summed E-state index contributed by atoms with van der Waals surface area (Å²) in [4.78, 5) is 0.0801. The van der Waals surface area contributed by atoms with E-state index in [0.29, 0.717) is 30.7 Å². The summed E-state index contributed by atoms with van der Waals surface area (Å²) in [5, 5.41) is 0.222. The van der Waals surface area contributed by atoms with Crippen molar-refractivity contribution in [3.63, 3.8) is 0 Å². The second kappa shape index (κ2) is 6.70. The van der Waals surface area contributed by atoms with Crippen molar-refractivity contribution >= 4 is 21.6 Å². The average Bonchev–Trinajstić information content (AvgIpc) is 3.05. The third kappa shape index (κ3) is 3.01. The number of hydrogen-bond donors (Lipinski definition) is 0. The molecule has 0 aromatic heterocycles. The molecule has 0 spiro atoms. The summed E-state index contributed by atoms with van der Waals surface area (Å²) in [6.45, 7) is 0.352. The van der Waals surface area contributed by atoms with Crippen LogP contribution in [0.5, 0.6) is 5.75 Å². The smallest absolute Gasteiger partial charge is 0.243 e. The van der Waals surface area contributed by atoms with Gasteiger partial charge in [0.15, 0.2) is 0 Å². The quantitative estimate of drug-likeness (QED) is 0.817. The number of methoxy groups -OCH3 is 1. The van der Waals surface area contributed by atoms with E-state index in [1.807, 2.05) is 0 Å². The minimum absolute atomic E-state index is 0.0801. The first-order valence-electron chi connectivity index (χ1n) is 7.55. The molecular weight excluding hydrogens is 353 g/mol. The van der Waals surface area contributed by atoms with Crippen molar-refractivity contribution in [3.8, 4) is 5.75 Å². The molecule has 3 rings (SSSR count). The van der Waals surface area contributed by atoms with Gasteiger partial charge in [-0.05, 0) is 37.1 Å². The Balaban J connectivity index is 2.00. The fourth-order valence-electron chi connectivity index (χ4n) is 3.03. The Bertz CT molecular complexity index is 857. The summed E-state index contributed by atoms with van der Waals surface area (Å²) in [5.41, 5.74) is 0.401. The molecule has 4 nitrogen and oxygen atoms in total. The van der Waals surface area contributed by atoms with Gasteiger partial charge in [-0.1, -0.05) is 29.8 Å². The van der Waals surface area contributed by atoms with Gasteiger partial charge in [-0.25, -0.2) is 12.8 Å². The molecule has 2 aromatic rings. The van der Waals surface area contributed by atoms with E-state index in [0.717, 1.165) is 0 Å². The van der Waals surface area contributed by atoms with Gasteiger partial charge in [0.1, 0.15) is 11.6 Å². The zero-order valence-corrected chi connectivity index (χ0v) is 14.6. The van der Waals surface area contributed by atoms with Crippen molar-refractivity contribution in [2.45, 2.75) is 23.8 Å². The molecule has 0 saturated carbocycles. The standard InChI is InChI=1S/C17H17ClFNO3S/c1-23-17-9-8-12(11-14(17)18)24(21,22)20-10-4-7-16(20)13-5-2-3-6-15(13)19/h2-3,5-6,8-9,11,16H,4,7,10H2,1H3/t16-/m1/s1. The van der Waals surface area contributed by atoms with Gasteiger partial charge in [0.05, 0.1) is 23.1 Å². The topological polar surface area (TPSA) is 46.6 Å². The van der Waals surface area contributed by atoms with E-state index in [9.17, 15) is 12.8 Å². The van der Waals surface area contributed by atoms with Crippen LogP contribution in [0, 0.1) is 5.82 Å².